The van der Waals surface area contributed by atoms with Gasteiger partial charge in [-0.25, -0.2) is 4.79 Å². The van der Waals surface area contributed by atoms with Gasteiger partial charge in [-0.2, -0.15) is 0 Å². The number of carbonyl (C=O) groups is 1. The molecule has 1 aliphatic heterocycles. The topological polar surface area (TPSA) is 49.7 Å². The summed E-state index contributed by atoms with van der Waals surface area (Å²) in [7, 11) is 3.25. The summed E-state index contributed by atoms with van der Waals surface area (Å²) in [6, 6.07) is 5.83. The van der Waals surface area contributed by atoms with Gasteiger partial charge in [-0.1, -0.05) is 0 Å². The van der Waals surface area contributed by atoms with E-state index in [2.05, 4.69) is 20.5 Å². The maximum Gasteiger partial charge on any atom is 0.340 e. The summed E-state index contributed by atoms with van der Waals surface area (Å²) in [5, 5.41) is 0. The molecule has 0 spiro atoms. The van der Waals surface area contributed by atoms with Crippen LogP contribution in [0, 0.1) is 0 Å². The minimum atomic E-state index is -0.316. The second kappa shape index (κ2) is 6.28. The molecule has 0 bridgehead atoms. The molecule has 0 amide bonds. The highest BCUT2D eigenvalue weighted by atomic mass is 79.9. The number of carbonyl (C=O) groups excluding carboxylic acids is 1. The third-order valence-corrected chi connectivity index (χ3v) is 4.87. The van der Waals surface area contributed by atoms with Crippen molar-refractivity contribution in [2.24, 2.45) is 0 Å². The smallest absolute Gasteiger partial charge is 0.340 e. The summed E-state index contributed by atoms with van der Waals surface area (Å²) in [6.45, 7) is 2.94. The zero-order chi connectivity index (χ0) is 16.6. The number of esters is 1. The Bertz CT molecular complexity index is 766. The molecule has 0 unspecified atom stereocenters. The summed E-state index contributed by atoms with van der Waals surface area (Å²) >= 11 is 3.53. The van der Waals surface area contributed by atoms with E-state index < -0.39 is 0 Å². The third-order valence-electron chi connectivity index (χ3n) is 4.02. The lowest BCUT2D eigenvalue weighted by atomic mass is 9.97. The Labute approximate surface area is 143 Å². The van der Waals surface area contributed by atoms with Crippen LogP contribution >= 0.6 is 15.9 Å². The fourth-order valence-electron chi connectivity index (χ4n) is 2.92. The van der Waals surface area contributed by atoms with Crippen molar-refractivity contribution in [3.05, 3.63) is 33.9 Å². The highest BCUT2D eigenvalue weighted by Gasteiger charge is 2.26. The number of methoxy groups -OCH3 is 2. The molecular weight excluding hydrogens is 362 g/mol. The number of aromatic nitrogens is 1. The molecule has 0 radical (unpaired) electrons. The predicted molar refractivity (Wildman–Crippen MR) is 90.3 cm³/mol. The molecule has 0 aliphatic carbocycles. The lowest BCUT2D eigenvalue weighted by Gasteiger charge is -2.22. The van der Waals surface area contributed by atoms with Crippen molar-refractivity contribution < 1.29 is 19.0 Å². The van der Waals surface area contributed by atoms with E-state index in [4.69, 9.17) is 14.2 Å². The lowest BCUT2D eigenvalue weighted by Crippen LogP contribution is -2.11. The first-order chi connectivity index (χ1) is 11.1. The van der Waals surface area contributed by atoms with Crippen molar-refractivity contribution in [2.45, 2.75) is 19.9 Å². The van der Waals surface area contributed by atoms with E-state index in [0.29, 0.717) is 17.9 Å². The van der Waals surface area contributed by atoms with Gasteiger partial charge in [-0.05, 0) is 53.0 Å². The van der Waals surface area contributed by atoms with Crippen LogP contribution in [0.5, 0.6) is 11.5 Å². The Hall–Kier alpha value is -1.95. The molecule has 1 aromatic carbocycles. The normalized spacial score (nSPS) is 12.3. The van der Waals surface area contributed by atoms with E-state index in [1.165, 1.54) is 5.56 Å². The van der Waals surface area contributed by atoms with Crippen LogP contribution in [0.1, 0.15) is 22.8 Å². The number of ether oxygens (including phenoxy) is 3. The Kier molecular flexibility index (Phi) is 4.35. The number of rotatable bonds is 4. The maximum atomic E-state index is 12.1. The van der Waals surface area contributed by atoms with E-state index in [1.807, 2.05) is 18.2 Å². The van der Waals surface area contributed by atoms with Crippen LogP contribution in [0.2, 0.25) is 0 Å². The molecule has 0 saturated carbocycles. The molecule has 23 heavy (non-hydrogen) atoms. The van der Waals surface area contributed by atoms with Crippen LogP contribution in [-0.4, -0.2) is 31.4 Å². The Morgan fingerprint density at radius 3 is 2.57 bits per heavy atom. The van der Waals surface area contributed by atoms with Gasteiger partial charge in [0.25, 0.3) is 0 Å². The van der Waals surface area contributed by atoms with Crippen LogP contribution in [0.15, 0.2) is 22.8 Å². The molecule has 1 aromatic heterocycles. The molecule has 2 aromatic rings. The quantitative estimate of drug-likeness (QED) is 0.760. The van der Waals surface area contributed by atoms with Gasteiger partial charge in [0.05, 0.1) is 36.7 Å². The van der Waals surface area contributed by atoms with E-state index >= 15 is 0 Å². The summed E-state index contributed by atoms with van der Waals surface area (Å²) in [5.74, 6) is 1.08. The van der Waals surface area contributed by atoms with Crippen LogP contribution in [0.3, 0.4) is 0 Å². The first-order valence-electron chi connectivity index (χ1n) is 7.42. The number of hydrogen-bond acceptors (Lipinski definition) is 4. The van der Waals surface area contributed by atoms with Gasteiger partial charge in [0.1, 0.15) is 0 Å². The van der Waals surface area contributed by atoms with Crippen molar-refractivity contribution in [1.82, 2.24) is 4.57 Å². The molecule has 3 rings (SSSR count). The molecule has 1 aliphatic rings. The summed E-state index contributed by atoms with van der Waals surface area (Å²) in [4.78, 5) is 12.1. The number of nitrogens with zero attached hydrogens (tertiary/aromatic N) is 1. The van der Waals surface area contributed by atoms with Crippen LogP contribution in [0.4, 0.5) is 0 Å². The lowest BCUT2D eigenvalue weighted by molar-refractivity contribution is 0.0525. The Balaban J connectivity index is 2.13. The van der Waals surface area contributed by atoms with E-state index in [1.54, 1.807) is 21.1 Å². The fourth-order valence-corrected chi connectivity index (χ4v) is 3.56. The standard InChI is InChI=1S/C17H18BrNO4/c1-4-23-17(20)12-8-13-11-9-15(22-3)14(21-2)7-10(11)5-6-19(13)16(12)18/h7-9H,4-6H2,1-3H3. The number of aryl methyl sites for hydroxylation is 1. The zero-order valence-electron chi connectivity index (χ0n) is 13.3. The predicted octanol–water partition coefficient (Wildman–Crippen LogP) is 3.67. The van der Waals surface area contributed by atoms with Gasteiger partial charge >= 0.3 is 5.97 Å². The first-order valence-corrected chi connectivity index (χ1v) is 8.21. The molecule has 0 atom stereocenters. The number of benzene rings is 1. The Morgan fingerprint density at radius 2 is 1.91 bits per heavy atom. The second-order valence-corrected chi connectivity index (χ2v) is 5.97. The van der Waals surface area contributed by atoms with E-state index in [0.717, 1.165) is 34.6 Å². The minimum Gasteiger partial charge on any atom is -0.493 e. The van der Waals surface area contributed by atoms with Gasteiger partial charge in [0, 0.05) is 12.1 Å². The highest BCUT2D eigenvalue weighted by molar-refractivity contribution is 9.10. The minimum absolute atomic E-state index is 0.316. The number of fused-ring (bicyclic) bond motifs is 3. The summed E-state index contributed by atoms with van der Waals surface area (Å²) in [6.07, 6.45) is 0.859. The molecule has 0 saturated heterocycles. The van der Waals surface area contributed by atoms with Crippen molar-refractivity contribution in [3.63, 3.8) is 0 Å². The summed E-state index contributed by atoms with van der Waals surface area (Å²) < 4.78 is 18.7. The average molecular weight is 380 g/mol. The van der Waals surface area contributed by atoms with Gasteiger partial charge in [-0.15, -0.1) is 0 Å². The highest BCUT2D eigenvalue weighted by Crippen LogP contribution is 2.41. The summed E-state index contributed by atoms with van der Waals surface area (Å²) in [5.41, 5.74) is 3.74. The van der Waals surface area contributed by atoms with Gasteiger partial charge in [0.15, 0.2) is 11.5 Å². The van der Waals surface area contributed by atoms with Crippen LogP contribution in [0.25, 0.3) is 11.3 Å². The number of halogens is 1. The van der Waals surface area contributed by atoms with Gasteiger partial charge in [0.2, 0.25) is 0 Å². The molecular formula is C17H18BrNO4. The van der Waals surface area contributed by atoms with Crippen molar-refractivity contribution in [1.29, 1.82) is 0 Å². The largest absolute Gasteiger partial charge is 0.493 e. The molecule has 0 fully saturated rings. The third kappa shape index (κ3) is 2.61. The second-order valence-electron chi connectivity index (χ2n) is 5.22. The van der Waals surface area contributed by atoms with E-state index in [9.17, 15) is 4.79 Å². The van der Waals surface area contributed by atoms with Crippen LogP contribution in [-0.2, 0) is 17.7 Å². The van der Waals surface area contributed by atoms with Crippen molar-refractivity contribution in [3.8, 4) is 22.8 Å². The van der Waals surface area contributed by atoms with Crippen molar-refractivity contribution in [2.75, 3.05) is 20.8 Å². The fraction of sp³-hybridized carbons (Fsp3) is 0.353. The Morgan fingerprint density at radius 1 is 1.22 bits per heavy atom. The average Bonchev–Trinajstić information content (AvgIpc) is 2.91. The zero-order valence-corrected chi connectivity index (χ0v) is 14.9. The van der Waals surface area contributed by atoms with E-state index in [-0.39, 0.29) is 5.97 Å². The maximum absolute atomic E-state index is 12.1. The first kappa shape index (κ1) is 15.9. The van der Waals surface area contributed by atoms with Crippen LogP contribution < -0.4 is 9.47 Å². The monoisotopic (exact) mass is 379 g/mol. The molecule has 0 N–H and O–H groups in total. The molecule has 6 heteroatoms. The molecule has 122 valence electrons. The SMILES string of the molecule is CCOC(=O)c1cc2n(c1Br)CCc1cc(OC)c(OC)cc1-2. The van der Waals surface area contributed by atoms with Crippen molar-refractivity contribution >= 4 is 21.9 Å². The van der Waals surface area contributed by atoms with Gasteiger partial charge in [-0.3, -0.25) is 0 Å². The molecule has 5 nitrogen and oxygen atoms in total. The van der Waals surface area contributed by atoms with Gasteiger partial charge < -0.3 is 18.8 Å². The molecule has 2 heterocycles. The number of hydrogen-bond donors (Lipinski definition) is 0.